The summed E-state index contributed by atoms with van der Waals surface area (Å²) in [5.41, 5.74) is 4.89. The van der Waals surface area contributed by atoms with Gasteiger partial charge in [0.25, 0.3) is 5.69 Å². The predicted octanol–water partition coefficient (Wildman–Crippen LogP) is 6.88. The molecule has 0 aromatic heterocycles. The minimum absolute atomic E-state index is 0.0304. The zero-order valence-electron chi connectivity index (χ0n) is 19.1. The van der Waals surface area contributed by atoms with Crippen LogP contribution in [0.4, 0.5) is 11.4 Å². The fourth-order valence-corrected chi connectivity index (χ4v) is 3.58. The Kier molecular flexibility index (Phi) is 7.08. The van der Waals surface area contributed by atoms with Gasteiger partial charge in [-0.1, -0.05) is 76.2 Å². The van der Waals surface area contributed by atoms with Gasteiger partial charge in [0.15, 0.2) is 5.78 Å². The minimum atomic E-state index is -0.421. The number of Topliss-reactive ketones (excluding diaryl/α,β-unsaturated/α-hetero) is 1. The molecule has 0 heterocycles. The number of nitrogens with one attached hydrogen (secondary N) is 1. The van der Waals surface area contributed by atoms with Gasteiger partial charge >= 0.3 is 0 Å². The molecule has 0 bridgehead atoms. The third-order valence-corrected chi connectivity index (χ3v) is 5.67. The smallest absolute Gasteiger partial charge is 0.269 e. The van der Waals surface area contributed by atoms with Crippen molar-refractivity contribution < 1.29 is 9.72 Å². The lowest BCUT2D eigenvalue weighted by Gasteiger charge is -2.21. The largest absolute Gasteiger partial charge is 0.378 e. The number of nitrogens with zero attached hydrogens (tertiary/aromatic N) is 1. The lowest BCUT2D eigenvalue weighted by atomic mass is 9.86. The van der Waals surface area contributed by atoms with Crippen molar-refractivity contribution in [1.82, 2.24) is 0 Å². The standard InChI is InChI=1S/C27H30N2O3/c1-5-19-6-8-20(9-7-19)25(28-23-14-16-24(17-15-23)29(31)32)18-26(30)21-10-12-22(13-11-21)27(2,3)4/h6-17,25,28H,5,18H2,1-4H3. The molecule has 3 aromatic carbocycles. The van der Waals surface area contributed by atoms with E-state index in [1.807, 2.05) is 36.4 Å². The lowest BCUT2D eigenvalue weighted by Crippen LogP contribution is -2.16. The summed E-state index contributed by atoms with van der Waals surface area (Å²) in [7, 11) is 0. The van der Waals surface area contributed by atoms with E-state index in [1.54, 1.807) is 12.1 Å². The molecule has 1 unspecified atom stereocenters. The zero-order valence-corrected chi connectivity index (χ0v) is 19.1. The van der Waals surface area contributed by atoms with Gasteiger partial charge in [-0.2, -0.15) is 0 Å². The van der Waals surface area contributed by atoms with Gasteiger partial charge in [-0.25, -0.2) is 0 Å². The third kappa shape index (κ3) is 5.82. The van der Waals surface area contributed by atoms with E-state index in [1.165, 1.54) is 23.3 Å². The molecule has 166 valence electrons. The Labute approximate surface area is 189 Å². The Morgan fingerprint density at radius 3 is 2.03 bits per heavy atom. The van der Waals surface area contributed by atoms with E-state index in [-0.39, 0.29) is 29.3 Å². The van der Waals surface area contributed by atoms with Gasteiger partial charge < -0.3 is 5.32 Å². The fraction of sp³-hybridized carbons (Fsp3) is 0.296. The molecule has 5 heteroatoms. The quantitative estimate of drug-likeness (QED) is 0.240. The Morgan fingerprint density at radius 2 is 1.53 bits per heavy atom. The third-order valence-electron chi connectivity index (χ3n) is 5.67. The van der Waals surface area contributed by atoms with Gasteiger partial charge in [0.05, 0.1) is 11.0 Å². The van der Waals surface area contributed by atoms with Crippen LogP contribution in [0.25, 0.3) is 0 Å². The number of carbonyl (C=O) groups is 1. The first kappa shape index (κ1) is 23.2. The van der Waals surface area contributed by atoms with Crippen LogP contribution < -0.4 is 5.32 Å². The molecule has 0 aliphatic rings. The summed E-state index contributed by atoms with van der Waals surface area (Å²) < 4.78 is 0. The van der Waals surface area contributed by atoms with Gasteiger partial charge in [-0.05, 0) is 40.7 Å². The summed E-state index contributed by atoms with van der Waals surface area (Å²) in [6, 6.07) is 22.1. The molecule has 0 aliphatic heterocycles. The highest BCUT2D eigenvalue weighted by atomic mass is 16.6. The monoisotopic (exact) mass is 430 g/mol. The SMILES string of the molecule is CCc1ccc(C(CC(=O)c2ccc(C(C)(C)C)cc2)Nc2ccc([N+](=O)[O-])cc2)cc1. The number of carbonyl (C=O) groups excluding carboxylic acids is 1. The van der Waals surface area contributed by atoms with Gasteiger partial charge in [0.1, 0.15) is 0 Å². The van der Waals surface area contributed by atoms with E-state index in [4.69, 9.17) is 0 Å². The number of aryl methyl sites for hydroxylation is 1. The Morgan fingerprint density at radius 1 is 0.938 bits per heavy atom. The van der Waals surface area contributed by atoms with E-state index in [0.717, 1.165) is 17.7 Å². The van der Waals surface area contributed by atoms with Crippen molar-refractivity contribution in [2.75, 3.05) is 5.32 Å². The van der Waals surface area contributed by atoms with E-state index in [0.29, 0.717) is 5.56 Å². The van der Waals surface area contributed by atoms with Crippen molar-refractivity contribution in [3.05, 3.63) is 105 Å². The first-order valence-electron chi connectivity index (χ1n) is 10.9. The van der Waals surface area contributed by atoms with E-state index in [2.05, 4.69) is 45.1 Å². The van der Waals surface area contributed by atoms with Crippen LogP contribution in [-0.4, -0.2) is 10.7 Å². The molecule has 0 saturated carbocycles. The van der Waals surface area contributed by atoms with Gasteiger partial charge in [-0.3, -0.25) is 14.9 Å². The second-order valence-electron chi connectivity index (χ2n) is 9.05. The Balaban J connectivity index is 1.84. The van der Waals surface area contributed by atoms with Crippen molar-refractivity contribution in [2.45, 2.75) is 52.0 Å². The molecular weight excluding hydrogens is 400 g/mol. The summed E-state index contributed by atoms with van der Waals surface area (Å²) >= 11 is 0. The van der Waals surface area contributed by atoms with Crippen LogP contribution in [0.3, 0.4) is 0 Å². The van der Waals surface area contributed by atoms with Crippen LogP contribution >= 0.6 is 0 Å². The average Bonchev–Trinajstić information content (AvgIpc) is 2.78. The number of benzene rings is 3. The second-order valence-corrected chi connectivity index (χ2v) is 9.05. The number of anilines is 1. The summed E-state index contributed by atoms with van der Waals surface area (Å²) in [4.78, 5) is 23.6. The average molecular weight is 431 g/mol. The van der Waals surface area contributed by atoms with Crippen LogP contribution in [-0.2, 0) is 11.8 Å². The molecule has 1 atom stereocenters. The highest BCUT2D eigenvalue weighted by molar-refractivity contribution is 5.96. The molecule has 5 nitrogen and oxygen atoms in total. The highest BCUT2D eigenvalue weighted by Crippen LogP contribution is 2.27. The molecule has 0 spiro atoms. The van der Waals surface area contributed by atoms with E-state index < -0.39 is 4.92 Å². The van der Waals surface area contributed by atoms with Crippen LogP contribution in [0.15, 0.2) is 72.8 Å². The molecule has 3 rings (SSSR count). The molecule has 1 N–H and O–H groups in total. The van der Waals surface area contributed by atoms with Crippen LogP contribution in [0.1, 0.15) is 67.2 Å². The fourth-order valence-electron chi connectivity index (χ4n) is 3.58. The van der Waals surface area contributed by atoms with Gasteiger partial charge in [-0.15, -0.1) is 0 Å². The number of rotatable bonds is 8. The molecule has 0 saturated heterocycles. The van der Waals surface area contributed by atoms with Gasteiger partial charge in [0.2, 0.25) is 0 Å². The molecule has 32 heavy (non-hydrogen) atoms. The number of nitro benzene ring substituents is 1. The van der Waals surface area contributed by atoms with Crippen molar-refractivity contribution in [2.24, 2.45) is 0 Å². The second kappa shape index (κ2) is 9.77. The number of non-ortho nitro benzene ring substituents is 1. The van der Waals surface area contributed by atoms with E-state index >= 15 is 0 Å². The molecule has 0 amide bonds. The summed E-state index contributed by atoms with van der Waals surface area (Å²) in [6.07, 6.45) is 1.22. The van der Waals surface area contributed by atoms with Gasteiger partial charge in [0, 0.05) is 29.8 Å². The minimum Gasteiger partial charge on any atom is -0.378 e. The topological polar surface area (TPSA) is 72.2 Å². The van der Waals surface area contributed by atoms with E-state index in [9.17, 15) is 14.9 Å². The molecular formula is C27H30N2O3. The van der Waals surface area contributed by atoms with Crippen LogP contribution in [0, 0.1) is 10.1 Å². The Bertz CT molecular complexity index is 1060. The maximum atomic E-state index is 13.1. The first-order chi connectivity index (χ1) is 15.2. The van der Waals surface area contributed by atoms with Crippen molar-refractivity contribution >= 4 is 17.2 Å². The summed E-state index contributed by atoms with van der Waals surface area (Å²) in [5.74, 6) is 0.0458. The molecule has 0 radical (unpaired) electrons. The van der Waals surface area contributed by atoms with Crippen molar-refractivity contribution in [1.29, 1.82) is 0 Å². The van der Waals surface area contributed by atoms with Crippen LogP contribution in [0.5, 0.6) is 0 Å². The van der Waals surface area contributed by atoms with Crippen molar-refractivity contribution in [3.8, 4) is 0 Å². The maximum absolute atomic E-state index is 13.1. The number of nitro groups is 1. The number of ketones is 1. The van der Waals surface area contributed by atoms with Crippen LogP contribution in [0.2, 0.25) is 0 Å². The first-order valence-corrected chi connectivity index (χ1v) is 10.9. The summed E-state index contributed by atoms with van der Waals surface area (Å²) in [5, 5.41) is 14.3. The normalized spacial score (nSPS) is 12.2. The lowest BCUT2D eigenvalue weighted by molar-refractivity contribution is -0.384. The highest BCUT2D eigenvalue weighted by Gasteiger charge is 2.19. The maximum Gasteiger partial charge on any atom is 0.269 e. The zero-order chi connectivity index (χ0) is 23.3. The predicted molar refractivity (Wildman–Crippen MR) is 129 cm³/mol. The molecule has 3 aromatic rings. The van der Waals surface area contributed by atoms with Crippen molar-refractivity contribution in [3.63, 3.8) is 0 Å². The molecule has 0 aliphatic carbocycles. The molecule has 0 fully saturated rings. The summed E-state index contributed by atoms with van der Waals surface area (Å²) in [6.45, 7) is 8.54. The number of hydrogen-bond donors (Lipinski definition) is 1. The Hall–Kier alpha value is -3.47. The number of hydrogen-bond acceptors (Lipinski definition) is 4.